The number of hydrogen-bond donors (Lipinski definition) is 0. The van der Waals surface area contributed by atoms with E-state index in [-0.39, 0.29) is 18.4 Å². The van der Waals surface area contributed by atoms with Gasteiger partial charge in [0, 0.05) is 55.5 Å². The van der Waals surface area contributed by atoms with Gasteiger partial charge in [0.05, 0.1) is 18.1 Å². The summed E-state index contributed by atoms with van der Waals surface area (Å²) in [5.74, 6) is 0.225. The quantitative estimate of drug-likeness (QED) is 0.420. The maximum Gasteiger partial charge on any atom is 0.248 e. The van der Waals surface area contributed by atoms with Crippen LogP contribution in [0.3, 0.4) is 0 Å². The van der Waals surface area contributed by atoms with E-state index in [1.807, 2.05) is 42.5 Å². The van der Waals surface area contributed by atoms with Gasteiger partial charge in [0.25, 0.3) is 0 Å². The Hall–Kier alpha value is -3.20. The first kappa shape index (κ1) is 24.9. The van der Waals surface area contributed by atoms with Crippen LogP contribution in [0.4, 0.5) is 0 Å². The van der Waals surface area contributed by atoms with E-state index < -0.39 is 6.04 Å². The number of carbonyl (C=O) groups excluding carboxylic acids is 2. The van der Waals surface area contributed by atoms with Crippen molar-refractivity contribution in [3.63, 3.8) is 0 Å². The molecule has 9 heteroatoms. The zero-order chi connectivity index (χ0) is 24.8. The van der Waals surface area contributed by atoms with Gasteiger partial charge in [-0.05, 0) is 35.4 Å². The molecule has 0 spiro atoms. The fraction of sp³-hybridized carbons (Fsp3) is 0.269. The summed E-state index contributed by atoms with van der Waals surface area (Å²) in [5.41, 5.74) is 3.02. The topological polar surface area (TPSA) is 72.0 Å². The van der Waals surface area contributed by atoms with E-state index in [9.17, 15) is 9.59 Å². The van der Waals surface area contributed by atoms with Crippen molar-refractivity contribution in [3.05, 3.63) is 75.6 Å². The highest BCUT2D eigenvalue weighted by molar-refractivity contribution is 7.17. The lowest BCUT2D eigenvalue weighted by Gasteiger charge is -2.40. The molecule has 1 saturated heterocycles. The van der Waals surface area contributed by atoms with Crippen molar-refractivity contribution in [2.24, 2.45) is 0 Å². The van der Waals surface area contributed by atoms with Crippen molar-refractivity contribution in [1.82, 2.24) is 14.8 Å². The number of benzene rings is 1. The number of methoxy groups -OCH3 is 2. The fourth-order valence-corrected chi connectivity index (χ4v) is 4.90. The molecule has 3 heterocycles. The standard InChI is InChI=1S/C26H26ClN3O4S/c1-33-17-22-26(32)29(13-14-30(22)25(31)12-9-21-8-10-23(27)35-21)16-18-3-5-19(6-4-18)20-7-11-24(34-2)28-15-20/h3-12,15,22H,13-14,16-17H2,1-2H3/t22-/m0/s1. The van der Waals surface area contributed by atoms with Gasteiger partial charge in [-0.1, -0.05) is 35.9 Å². The number of nitrogens with zero attached hydrogens (tertiary/aromatic N) is 3. The third kappa shape index (κ3) is 6.08. The van der Waals surface area contributed by atoms with Crippen LogP contribution >= 0.6 is 22.9 Å². The summed E-state index contributed by atoms with van der Waals surface area (Å²) < 4.78 is 11.1. The van der Waals surface area contributed by atoms with Gasteiger partial charge in [-0.2, -0.15) is 0 Å². The van der Waals surface area contributed by atoms with E-state index in [0.717, 1.165) is 21.6 Å². The molecule has 2 aromatic heterocycles. The van der Waals surface area contributed by atoms with Crippen LogP contribution in [0.5, 0.6) is 5.88 Å². The number of carbonyl (C=O) groups is 2. The van der Waals surface area contributed by atoms with Crippen molar-refractivity contribution >= 4 is 40.8 Å². The van der Waals surface area contributed by atoms with Crippen molar-refractivity contribution < 1.29 is 19.1 Å². The highest BCUT2D eigenvalue weighted by Crippen LogP contribution is 2.24. The average Bonchev–Trinajstić information content (AvgIpc) is 3.30. The number of rotatable bonds is 8. The van der Waals surface area contributed by atoms with E-state index in [0.29, 0.717) is 29.9 Å². The minimum absolute atomic E-state index is 0.123. The zero-order valence-electron chi connectivity index (χ0n) is 19.5. The minimum atomic E-state index is -0.664. The molecule has 4 rings (SSSR count). The molecule has 182 valence electrons. The molecule has 1 aromatic carbocycles. The first-order valence-corrected chi connectivity index (χ1v) is 12.3. The molecule has 0 aliphatic carbocycles. The normalized spacial score (nSPS) is 16.2. The van der Waals surface area contributed by atoms with Crippen LogP contribution in [-0.4, -0.2) is 66.6 Å². The number of aromatic nitrogens is 1. The summed E-state index contributed by atoms with van der Waals surface area (Å²) >= 11 is 7.35. The smallest absolute Gasteiger partial charge is 0.248 e. The minimum Gasteiger partial charge on any atom is -0.481 e. The van der Waals surface area contributed by atoms with Crippen LogP contribution in [0.2, 0.25) is 4.34 Å². The van der Waals surface area contributed by atoms with Crippen LogP contribution in [0.1, 0.15) is 10.4 Å². The average molecular weight is 512 g/mol. The molecule has 1 aliphatic heterocycles. The molecule has 0 N–H and O–H groups in total. The number of amides is 2. The third-order valence-corrected chi connectivity index (χ3v) is 6.98. The third-order valence-electron chi connectivity index (χ3n) is 5.78. The molecule has 3 aromatic rings. The number of piperazine rings is 1. The molecular weight excluding hydrogens is 486 g/mol. The second-order valence-corrected chi connectivity index (χ2v) is 9.77. The van der Waals surface area contributed by atoms with E-state index in [1.54, 1.807) is 35.2 Å². The molecule has 7 nitrogen and oxygen atoms in total. The lowest BCUT2D eigenvalue weighted by molar-refractivity contribution is -0.152. The maximum atomic E-state index is 13.3. The molecule has 0 bridgehead atoms. The van der Waals surface area contributed by atoms with E-state index in [1.165, 1.54) is 24.5 Å². The SMILES string of the molecule is COC[C@H]1C(=O)N(Cc2ccc(-c3ccc(OC)nc3)cc2)CCN1C(=O)C=Cc1ccc(Cl)s1. The Labute approximate surface area is 213 Å². The Balaban J connectivity index is 1.41. The lowest BCUT2D eigenvalue weighted by Crippen LogP contribution is -2.59. The van der Waals surface area contributed by atoms with Gasteiger partial charge in [-0.25, -0.2) is 4.98 Å². The van der Waals surface area contributed by atoms with Crippen molar-refractivity contribution in [3.8, 4) is 17.0 Å². The van der Waals surface area contributed by atoms with Gasteiger partial charge in [0.2, 0.25) is 17.7 Å². The summed E-state index contributed by atoms with van der Waals surface area (Å²) in [5, 5.41) is 0. The van der Waals surface area contributed by atoms with E-state index in [2.05, 4.69) is 4.98 Å². The predicted octanol–water partition coefficient (Wildman–Crippen LogP) is 4.37. The Bertz CT molecular complexity index is 1190. The second kappa shape index (κ2) is 11.5. The number of pyridine rings is 1. The Morgan fingerprint density at radius 3 is 2.51 bits per heavy atom. The Morgan fingerprint density at radius 2 is 1.89 bits per heavy atom. The second-order valence-electron chi connectivity index (χ2n) is 8.02. The molecule has 2 amide bonds. The van der Waals surface area contributed by atoms with E-state index >= 15 is 0 Å². The first-order chi connectivity index (χ1) is 17.0. The lowest BCUT2D eigenvalue weighted by atomic mass is 10.0. The maximum absolute atomic E-state index is 13.3. The number of thiophene rings is 1. The molecule has 0 unspecified atom stereocenters. The molecule has 0 saturated carbocycles. The van der Waals surface area contributed by atoms with Crippen LogP contribution in [0.15, 0.2) is 60.8 Å². The largest absolute Gasteiger partial charge is 0.481 e. The molecule has 35 heavy (non-hydrogen) atoms. The van der Waals surface area contributed by atoms with Crippen molar-refractivity contribution in [2.75, 3.05) is 33.9 Å². The molecule has 1 fully saturated rings. The van der Waals surface area contributed by atoms with Crippen molar-refractivity contribution in [1.29, 1.82) is 0 Å². The summed E-state index contributed by atoms with van der Waals surface area (Å²) in [6.45, 7) is 1.49. The van der Waals surface area contributed by atoms with Crippen LogP contribution < -0.4 is 4.74 Å². The monoisotopic (exact) mass is 511 g/mol. The molecule has 0 radical (unpaired) electrons. The number of halogens is 1. The van der Waals surface area contributed by atoms with Crippen LogP contribution in [-0.2, 0) is 20.9 Å². The fourth-order valence-electron chi connectivity index (χ4n) is 3.94. The van der Waals surface area contributed by atoms with Crippen molar-refractivity contribution in [2.45, 2.75) is 12.6 Å². The molecular formula is C26H26ClN3O4S. The van der Waals surface area contributed by atoms with Crippen LogP contribution in [0, 0.1) is 0 Å². The highest BCUT2D eigenvalue weighted by atomic mass is 35.5. The summed E-state index contributed by atoms with van der Waals surface area (Å²) in [6.07, 6.45) is 4.98. The first-order valence-electron chi connectivity index (χ1n) is 11.1. The summed E-state index contributed by atoms with van der Waals surface area (Å²) in [6, 6.07) is 14.8. The Morgan fingerprint density at radius 1 is 1.11 bits per heavy atom. The van der Waals surface area contributed by atoms with E-state index in [4.69, 9.17) is 21.1 Å². The Kier molecular flexibility index (Phi) is 8.17. The molecule has 1 aliphatic rings. The summed E-state index contributed by atoms with van der Waals surface area (Å²) in [4.78, 5) is 34.6. The number of ether oxygens (including phenoxy) is 2. The van der Waals surface area contributed by atoms with Gasteiger partial charge in [-0.15, -0.1) is 11.3 Å². The predicted molar refractivity (Wildman–Crippen MR) is 137 cm³/mol. The van der Waals surface area contributed by atoms with Crippen LogP contribution in [0.25, 0.3) is 17.2 Å². The van der Waals surface area contributed by atoms with Gasteiger partial charge in [0.15, 0.2) is 0 Å². The zero-order valence-corrected chi connectivity index (χ0v) is 21.1. The highest BCUT2D eigenvalue weighted by Gasteiger charge is 2.36. The van der Waals surface area contributed by atoms with Gasteiger partial charge >= 0.3 is 0 Å². The molecule has 1 atom stereocenters. The van der Waals surface area contributed by atoms with Gasteiger partial charge in [0.1, 0.15) is 6.04 Å². The number of hydrogen-bond acceptors (Lipinski definition) is 6. The van der Waals surface area contributed by atoms with Gasteiger partial charge < -0.3 is 19.3 Å². The summed E-state index contributed by atoms with van der Waals surface area (Å²) in [7, 11) is 3.12. The van der Waals surface area contributed by atoms with Gasteiger partial charge in [-0.3, -0.25) is 9.59 Å².